The number of esters is 1. The highest BCUT2D eigenvalue weighted by Crippen LogP contribution is 2.38. The van der Waals surface area contributed by atoms with Crippen molar-refractivity contribution in [2.45, 2.75) is 26.5 Å². The highest BCUT2D eigenvalue weighted by atomic mass is 32.1. The molecule has 0 spiro atoms. The molecule has 9 heteroatoms. The zero-order chi connectivity index (χ0) is 30.2. The van der Waals surface area contributed by atoms with E-state index in [-0.39, 0.29) is 19.0 Å². The number of carbonyl (C=O) groups excluding carboxylic acids is 1. The summed E-state index contributed by atoms with van der Waals surface area (Å²) in [6, 6.07) is 26.8. The number of rotatable bonds is 7. The Morgan fingerprint density at radius 1 is 1.02 bits per heavy atom. The predicted molar refractivity (Wildman–Crippen MR) is 168 cm³/mol. The molecular formula is C35H28N2O6S. The standard InChI is InChI=1S/C35H28N2O6S/c1-3-40-34(39)31-21(2)36-35-37(32(31)24-13-16-28-29(18-24)43-20-42-28)33(38)30(44-35)17-22-11-14-26(15-12-22)41-19-25-9-6-8-23-7-4-5-10-27(23)25/h4-18,32H,3,19-20H2,1-2H3/b30-17+/t32-/m1/s1. The Labute approximate surface area is 256 Å². The summed E-state index contributed by atoms with van der Waals surface area (Å²) < 4.78 is 24.6. The minimum absolute atomic E-state index is 0.119. The lowest BCUT2D eigenvalue weighted by Crippen LogP contribution is -2.39. The molecule has 44 heavy (non-hydrogen) atoms. The fourth-order valence-corrected chi connectivity index (χ4v) is 6.63. The van der Waals surface area contributed by atoms with Crippen LogP contribution in [0.2, 0.25) is 0 Å². The largest absolute Gasteiger partial charge is 0.489 e. The molecule has 2 aliphatic rings. The van der Waals surface area contributed by atoms with Gasteiger partial charge in [0.25, 0.3) is 5.56 Å². The van der Waals surface area contributed by atoms with Gasteiger partial charge in [0, 0.05) is 0 Å². The SMILES string of the molecule is CCOC(=O)C1=C(C)N=c2s/c(=C/c3ccc(OCc4cccc5ccccc45)cc3)c(=O)n2[C@@H]1c1ccc2c(c1)OCO2. The highest BCUT2D eigenvalue weighted by Gasteiger charge is 2.34. The molecule has 0 saturated heterocycles. The molecular weight excluding hydrogens is 576 g/mol. The summed E-state index contributed by atoms with van der Waals surface area (Å²) >= 11 is 1.28. The summed E-state index contributed by atoms with van der Waals surface area (Å²) in [5.41, 5.74) is 3.23. The van der Waals surface area contributed by atoms with E-state index < -0.39 is 12.0 Å². The number of allylic oxidation sites excluding steroid dienone is 1. The van der Waals surface area contributed by atoms with Gasteiger partial charge in [0.15, 0.2) is 16.3 Å². The van der Waals surface area contributed by atoms with E-state index in [9.17, 15) is 9.59 Å². The van der Waals surface area contributed by atoms with Crippen LogP contribution in [0.15, 0.2) is 106 Å². The summed E-state index contributed by atoms with van der Waals surface area (Å²) in [4.78, 5) is 32.2. The van der Waals surface area contributed by atoms with Crippen LogP contribution in [-0.2, 0) is 16.1 Å². The molecule has 7 rings (SSSR count). The van der Waals surface area contributed by atoms with Gasteiger partial charge in [-0.1, -0.05) is 72.0 Å². The van der Waals surface area contributed by atoms with Crippen molar-refractivity contribution in [3.05, 3.63) is 133 Å². The molecule has 2 aliphatic heterocycles. The first kappa shape index (κ1) is 27.7. The van der Waals surface area contributed by atoms with E-state index in [0.29, 0.717) is 44.3 Å². The molecule has 0 N–H and O–H groups in total. The Bertz CT molecular complexity index is 2120. The van der Waals surface area contributed by atoms with Crippen LogP contribution < -0.4 is 29.1 Å². The van der Waals surface area contributed by atoms with E-state index >= 15 is 0 Å². The van der Waals surface area contributed by atoms with Crippen LogP contribution in [0.4, 0.5) is 0 Å². The topological polar surface area (TPSA) is 88.4 Å². The number of aromatic nitrogens is 1. The lowest BCUT2D eigenvalue weighted by Gasteiger charge is -2.24. The fraction of sp³-hybridized carbons (Fsp3) is 0.171. The zero-order valence-electron chi connectivity index (χ0n) is 24.1. The molecule has 4 aromatic carbocycles. The van der Waals surface area contributed by atoms with E-state index in [2.05, 4.69) is 29.3 Å². The first-order valence-electron chi connectivity index (χ1n) is 14.3. The van der Waals surface area contributed by atoms with E-state index in [1.165, 1.54) is 22.1 Å². The third kappa shape index (κ3) is 5.05. The molecule has 0 fully saturated rings. The highest BCUT2D eigenvalue weighted by molar-refractivity contribution is 7.07. The second kappa shape index (κ2) is 11.5. The fourth-order valence-electron chi connectivity index (χ4n) is 5.58. The molecule has 3 heterocycles. The Morgan fingerprint density at radius 3 is 2.66 bits per heavy atom. The van der Waals surface area contributed by atoms with E-state index in [1.54, 1.807) is 30.5 Å². The number of hydrogen-bond acceptors (Lipinski definition) is 8. The number of benzene rings is 4. The maximum atomic E-state index is 13.9. The molecule has 0 bridgehead atoms. The molecule has 0 amide bonds. The van der Waals surface area contributed by atoms with Crippen LogP contribution in [0.1, 0.15) is 36.6 Å². The van der Waals surface area contributed by atoms with Gasteiger partial charge in [-0.3, -0.25) is 9.36 Å². The third-order valence-corrected chi connectivity index (χ3v) is 8.66. The first-order chi connectivity index (χ1) is 21.5. The number of ether oxygens (including phenoxy) is 4. The average molecular weight is 605 g/mol. The van der Waals surface area contributed by atoms with Crippen molar-refractivity contribution in [2.24, 2.45) is 4.99 Å². The maximum absolute atomic E-state index is 13.9. The third-order valence-electron chi connectivity index (χ3n) is 7.68. The molecule has 1 atom stereocenters. The summed E-state index contributed by atoms with van der Waals surface area (Å²) in [6.45, 7) is 4.28. The van der Waals surface area contributed by atoms with Crippen LogP contribution in [0.5, 0.6) is 17.2 Å². The van der Waals surface area contributed by atoms with Crippen molar-refractivity contribution >= 4 is 34.2 Å². The van der Waals surface area contributed by atoms with Crippen LogP contribution in [-0.4, -0.2) is 23.9 Å². The molecule has 0 aliphatic carbocycles. The summed E-state index contributed by atoms with van der Waals surface area (Å²) in [7, 11) is 0. The molecule has 0 saturated carbocycles. The minimum Gasteiger partial charge on any atom is -0.489 e. The predicted octanol–water partition coefficient (Wildman–Crippen LogP) is 5.26. The monoisotopic (exact) mass is 604 g/mol. The average Bonchev–Trinajstić information content (AvgIpc) is 3.63. The van der Waals surface area contributed by atoms with E-state index in [4.69, 9.17) is 18.9 Å². The maximum Gasteiger partial charge on any atom is 0.338 e. The smallest absolute Gasteiger partial charge is 0.338 e. The normalized spacial score (nSPS) is 15.7. The van der Waals surface area contributed by atoms with Gasteiger partial charge in [-0.05, 0) is 71.7 Å². The van der Waals surface area contributed by atoms with Crippen LogP contribution in [0, 0.1) is 0 Å². The van der Waals surface area contributed by atoms with Gasteiger partial charge in [-0.2, -0.15) is 0 Å². The molecule has 220 valence electrons. The van der Waals surface area contributed by atoms with Gasteiger partial charge < -0.3 is 18.9 Å². The Kier molecular flexibility index (Phi) is 7.23. The molecule has 5 aromatic rings. The summed E-state index contributed by atoms with van der Waals surface area (Å²) in [6.07, 6.45) is 1.83. The van der Waals surface area contributed by atoms with Crippen molar-refractivity contribution < 1.29 is 23.7 Å². The number of hydrogen-bond donors (Lipinski definition) is 0. The molecule has 0 unspecified atom stereocenters. The molecule has 8 nitrogen and oxygen atoms in total. The minimum atomic E-state index is -0.730. The Morgan fingerprint density at radius 2 is 1.82 bits per heavy atom. The van der Waals surface area contributed by atoms with Crippen LogP contribution in [0.25, 0.3) is 16.8 Å². The number of fused-ring (bicyclic) bond motifs is 3. The lowest BCUT2D eigenvalue weighted by atomic mass is 9.95. The first-order valence-corrected chi connectivity index (χ1v) is 15.1. The number of nitrogens with zero attached hydrogens (tertiary/aromatic N) is 2. The Balaban J connectivity index is 1.21. The second-order valence-corrected chi connectivity index (χ2v) is 11.4. The van der Waals surface area contributed by atoms with Crippen molar-refractivity contribution in [2.75, 3.05) is 13.4 Å². The van der Waals surface area contributed by atoms with E-state index in [0.717, 1.165) is 16.9 Å². The summed E-state index contributed by atoms with van der Waals surface area (Å²) in [5.74, 6) is 1.40. The quantitative estimate of drug-likeness (QED) is 0.236. The van der Waals surface area contributed by atoms with Gasteiger partial charge in [0.05, 0.1) is 28.5 Å². The van der Waals surface area contributed by atoms with Crippen molar-refractivity contribution in [1.29, 1.82) is 0 Å². The van der Waals surface area contributed by atoms with Gasteiger partial charge in [-0.15, -0.1) is 0 Å². The van der Waals surface area contributed by atoms with Gasteiger partial charge in [-0.25, -0.2) is 9.79 Å². The van der Waals surface area contributed by atoms with Crippen LogP contribution >= 0.6 is 11.3 Å². The second-order valence-electron chi connectivity index (χ2n) is 10.4. The summed E-state index contributed by atoms with van der Waals surface area (Å²) in [5, 5.41) is 2.35. The molecule has 1 aromatic heterocycles. The Hall–Kier alpha value is -5.15. The lowest BCUT2D eigenvalue weighted by molar-refractivity contribution is -0.139. The van der Waals surface area contributed by atoms with E-state index in [1.807, 2.05) is 54.6 Å². The van der Waals surface area contributed by atoms with Crippen LogP contribution in [0.3, 0.4) is 0 Å². The zero-order valence-corrected chi connectivity index (χ0v) is 24.9. The van der Waals surface area contributed by atoms with Gasteiger partial charge in [0.1, 0.15) is 12.4 Å². The van der Waals surface area contributed by atoms with Crippen molar-refractivity contribution in [3.63, 3.8) is 0 Å². The van der Waals surface area contributed by atoms with Gasteiger partial charge >= 0.3 is 5.97 Å². The van der Waals surface area contributed by atoms with Crippen molar-refractivity contribution in [1.82, 2.24) is 4.57 Å². The number of thiazole rings is 1. The van der Waals surface area contributed by atoms with Gasteiger partial charge in [0.2, 0.25) is 6.79 Å². The number of carbonyl (C=O) groups is 1. The van der Waals surface area contributed by atoms with Crippen molar-refractivity contribution in [3.8, 4) is 17.2 Å². The molecule has 0 radical (unpaired) electrons.